The summed E-state index contributed by atoms with van der Waals surface area (Å²) in [5, 5.41) is 12.4. The fourth-order valence-corrected chi connectivity index (χ4v) is 2.43. The van der Waals surface area contributed by atoms with Gasteiger partial charge in [0.05, 0.1) is 17.9 Å². The van der Waals surface area contributed by atoms with Gasteiger partial charge in [-0.2, -0.15) is 0 Å². The zero-order valence-electron chi connectivity index (χ0n) is 8.78. The molecule has 1 saturated carbocycles. The zero-order valence-corrected chi connectivity index (χ0v) is 10.4. The second-order valence-electron chi connectivity index (χ2n) is 4.10. The zero-order chi connectivity index (χ0) is 11.5. The summed E-state index contributed by atoms with van der Waals surface area (Å²) < 4.78 is 5.45. The molecule has 2 rings (SSSR count). The molecule has 1 fully saturated rings. The van der Waals surface area contributed by atoms with Crippen molar-refractivity contribution in [1.82, 2.24) is 5.32 Å². The van der Waals surface area contributed by atoms with Crippen LogP contribution in [0.2, 0.25) is 0 Å². The Labute approximate surface area is 102 Å². The summed E-state index contributed by atoms with van der Waals surface area (Å²) >= 11 is 3.17. The topological polar surface area (TPSA) is 62.5 Å². The number of carbonyl (C=O) groups is 1. The van der Waals surface area contributed by atoms with Gasteiger partial charge < -0.3 is 14.8 Å². The Hall–Kier alpha value is -0.810. The molecule has 1 heterocycles. The van der Waals surface area contributed by atoms with E-state index in [1.54, 1.807) is 6.07 Å². The predicted octanol–water partition coefficient (Wildman–Crippen LogP) is 2.08. The highest BCUT2D eigenvalue weighted by atomic mass is 79.9. The van der Waals surface area contributed by atoms with Crippen LogP contribution in [0.5, 0.6) is 0 Å². The smallest absolute Gasteiger partial charge is 0.255 e. The van der Waals surface area contributed by atoms with Crippen LogP contribution >= 0.6 is 15.9 Å². The number of aliphatic hydroxyl groups excluding tert-OH is 1. The first-order chi connectivity index (χ1) is 7.66. The third-order valence-corrected chi connectivity index (χ3v) is 3.46. The first-order valence-electron chi connectivity index (χ1n) is 5.38. The Bertz CT molecular complexity index is 377. The Morgan fingerprint density at radius 1 is 1.56 bits per heavy atom. The lowest BCUT2D eigenvalue weighted by molar-refractivity contribution is 0.0848. The number of aliphatic hydroxyl groups is 1. The fourth-order valence-electron chi connectivity index (χ4n) is 2.01. The molecule has 0 bridgehead atoms. The summed E-state index contributed by atoms with van der Waals surface area (Å²) in [7, 11) is 0. The Morgan fingerprint density at radius 3 is 3.00 bits per heavy atom. The summed E-state index contributed by atoms with van der Waals surface area (Å²) in [6.07, 6.45) is 4.54. The van der Waals surface area contributed by atoms with E-state index in [0.29, 0.717) is 16.7 Å². The fraction of sp³-hybridized carbons (Fsp3) is 0.545. The molecule has 1 aliphatic rings. The molecular weight excluding hydrogens is 274 g/mol. The van der Waals surface area contributed by atoms with Gasteiger partial charge >= 0.3 is 0 Å². The SMILES string of the molecule is O=C(NC1CCCC(O)C1)c1ccoc1Br. The first kappa shape index (κ1) is 11.7. The summed E-state index contributed by atoms with van der Waals surface area (Å²) in [4.78, 5) is 11.8. The molecule has 88 valence electrons. The van der Waals surface area contributed by atoms with Gasteiger partial charge in [-0.3, -0.25) is 4.79 Å². The highest BCUT2D eigenvalue weighted by Crippen LogP contribution is 2.21. The molecule has 16 heavy (non-hydrogen) atoms. The molecule has 4 nitrogen and oxygen atoms in total. The van der Waals surface area contributed by atoms with E-state index in [1.807, 2.05) is 0 Å². The molecule has 1 aromatic rings. The molecule has 0 radical (unpaired) electrons. The van der Waals surface area contributed by atoms with Crippen LogP contribution in [-0.2, 0) is 0 Å². The van der Waals surface area contributed by atoms with Crippen LogP contribution in [0, 0.1) is 0 Å². The van der Waals surface area contributed by atoms with Crippen molar-refractivity contribution < 1.29 is 14.3 Å². The molecule has 2 unspecified atom stereocenters. The van der Waals surface area contributed by atoms with Crippen molar-refractivity contribution in [3.8, 4) is 0 Å². The Balaban J connectivity index is 1.95. The normalized spacial score (nSPS) is 25.4. The molecule has 1 amide bonds. The van der Waals surface area contributed by atoms with E-state index in [-0.39, 0.29) is 18.1 Å². The molecule has 0 saturated heterocycles. The number of hydrogen-bond donors (Lipinski definition) is 2. The maximum Gasteiger partial charge on any atom is 0.255 e. The maximum atomic E-state index is 11.8. The van der Waals surface area contributed by atoms with E-state index < -0.39 is 0 Å². The summed E-state index contributed by atoms with van der Waals surface area (Å²) in [6, 6.07) is 1.69. The molecular formula is C11H14BrNO3. The van der Waals surface area contributed by atoms with Crippen molar-refractivity contribution in [3.05, 3.63) is 22.6 Å². The number of hydrogen-bond acceptors (Lipinski definition) is 3. The van der Waals surface area contributed by atoms with Gasteiger partial charge in [0.1, 0.15) is 0 Å². The van der Waals surface area contributed by atoms with Crippen molar-refractivity contribution in [1.29, 1.82) is 0 Å². The molecule has 0 aliphatic heterocycles. The number of nitrogens with one attached hydrogen (secondary N) is 1. The molecule has 1 aromatic heterocycles. The van der Waals surface area contributed by atoms with E-state index in [9.17, 15) is 9.90 Å². The monoisotopic (exact) mass is 287 g/mol. The first-order valence-corrected chi connectivity index (χ1v) is 6.18. The minimum atomic E-state index is -0.285. The molecule has 0 spiro atoms. The van der Waals surface area contributed by atoms with Crippen LogP contribution in [0.4, 0.5) is 0 Å². The Kier molecular flexibility index (Phi) is 3.66. The van der Waals surface area contributed by atoms with Gasteiger partial charge in [-0.15, -0.1) is 0 Å². The molecule has 1 aliphatic carbocycles. The molecule has 0 aromatic carbocycles. The van der Waals surface area contributed by atoms with Gasteiger partial charge in [0.15, 0.2) is 4.67 Å². The van der Waals surface area contributed by atoms with Gasteiger partial charge in [-0.25, -0.2) is 0 Å². The minimum absolute atomic E-state index is 0.0676. The van der Waals surface area contributed by atoms with Gasteiger partial charge in [-0.05, 0) is 47.7 Å². The number of rotatable bonds is 2. The molecule has 5 heteroatoms. The van der Waals surface area contributed by atoms with E-state index in [4.69, 9.17) is 4.42 Å². The maximum absolute atomic E-state index is 11.8. The molecule has 2 N–H and O–H groups in total. The quantitative estimate of drug-likeness (QED) is 0.875. The van der Waals surface area contributed by atoms with Crippen LogP contribution in [0.25, 0.3) is 0 Å². The third kappa shape index (κ3) is 2.65. The number of halogens is 1. The summed E-state index contributed by atoms with van der Waals surface area (Å²) in [5.41, 5.74) is 0.500. The highest BCUT2D eigenvalue weighted by molar-refractivity contribution is 9.10. The third-order valence-electron chi connectivity index (χ3n) is 2.84. The minimum Gasteiger partial charge on any atom is -0.457 e. The second kappa shape index (κ2) is 5.01. The lowest BCUT2D eigenvalue weighted by atomic mass is 9.93. The van der Waals surface area contributed by atoms with Crippen molar-refractivity contribution in [3.63, 3.8) is 0 Å². The van der Waals surface area contributed by atoms with Crippen molar-refractivity contribution in [2.45, 2.75) is 37.8 Å². The predicted molar refractivity (Wildman–Crippen MR) is 62.1 cm³/mol. The van der Waals surface area contributed by atoms with Crippen LogP contribution in [0.3, 0.4) is 0 Å². The van der Waals surface area contributed by atoms with E-state index >= 15 is 0 Å². The average molecular weight is 288 g/mol. The lowest BCUT2D eigenvalue weighted by Crippen LogP contribution is -2.39. The standard InChI is InChI=1S/C11H14BrNO3/c12-10-9(4-5-16-10)11(15)13-7-2-1-3-8(14)6-7/h4-5,7-8,14H,1-3,6H2,(H,13,15). The average Bonchev–Trinajstić information content (AvgIpc) is 2.64. The lowest BCUT2D eigenvalue weighted by Gasteiger charge is -2.26. The van der Waals surface area contributed by atoms with Crippen LogP contribution in [0.1, 0.15) is 36.0 Å². The van der Waals surface area contributed by atoms with Crippen molar-refractivity contribution >= 4 is 21.8 Å². The summed E-state index contributed by atoms with van der Waals surface area (Å²) in [6.45, 7) is 0. The second-order valence-corrected chi connectivity index (χ2v) is 4.82. The highest BCUT2D eigenvalue weighted by Gasteiger charge is 2.23. The van der Waals surface area contributed by atoms with E-state index in [2.05, 4.69) is 21.2 Å². The molecule has 2 atom stereocenters. The largest absolute Gasteiger partial charge is 0.457 e. The number of carbonyl (C=O) groups excluding carboxylic acids is 1. The Morgan fingerprint density at radius 2 is 2.38 bits per heavy atom. The van der Waals surface area contributed by atoms with Gasteiger partial charge in [0.2, 0.25) is 0 Å². The number of furan rings is 1. The van der Waals surface area contributed by atoms with Gasteiger partial charge in [-0.1, -0.05) is 0 Å². The number of amides is 1. The van der Waals surface area contributed by atoms with Crippen LogP contribution < -0.4 is 5.32 Å². The van der Waals surface area contributed by atoms with Crippen molar-refractivity contribution in [2.24, 2.45) is 0 Å². The van der Waals surface area contributed by atoms with Crippen molar-refractivity contribution in [2.75, 3.05) is 0 Å². The summed E-state index contributed by atoms with van der Waals surface area (Å²) in [5.74, 6) is -0.153. The van der Waals surface area contributed by atoms with Crippen LogP contribution in [0.15, 0.2) is 21.4 Å². The van der Waals surface area contributed by atoms with Gasteiger partial charge in [0, 0.05) is 6.04 Å². The van der Waals surface area contributed by atoms with Gasteiger partial charge in [0.25, 0.3) is 5.91 Å². The van der Waals surface area contributed by atoms with E-state index in [1.165, 1.54) is 6.26 Å². The van der Waals surface area contributed by atoms with E-state index in [0.717, 1.165) is 19.3 Å². The van der Waals surface area contributed by atoms with Crippen LogP contribution in [-0.4, -0.2) is 23.2 Å².